The summed E-state index contributed by atoms with van der Waals surface area (Å²) in [5.74, 6) is -0.156. The van der Waals surface area contributed by atoms with Crippen molar-refractivity contribution in [2.45, 2.75) is 17.1 Å². The number of hydrogen-bond acceptors (Lipinski definition) is 5. The highest BCUT2D eigenvalue weighted by Crippen LogP contribution is 2.29. The Labute approximate surface area is 162 Å². The molecule has 3 aromatic rings. The van der Waals surface area contributed by atoms with Gasteiger partial charge in [0.05, 0.1) is 16.3 Å². The van der Waals surface area contributed by atoms with E-state index in [4.69, 9.17) is 5.14 Å². The van der Waals surface area contributed by atoms with Crippen LogP contribution in [0.1, 0.15) is 17.7 Å². The van der Waals surface area contributed by atoms with Crippen molar-refractivity contribution >= 4 is 21.1 Å². The number of halogens is 2. The topological polar surface area (TPSA) is 118 Å². The van der Waals surface area contributed by atoms with Gasteiger partial charge in [0.2, 0.25) is 10.0 Å². The standard InChI is InChI=1S/C17H15F2N3O4S2/c18-17(19)15-9-16(12-3-1-11(2-4-12)10-27(23)24)22(21-15)13-5-7-14(8-6-13)28(20,25)26/h1-9,17H,10H2,(H,23,24)(H2,20,25,26)/p-1. The molecule has 1 heterocycles. The van der Waals surface area contributed by atoms with Crippen molar-refractivity contribution in [2.75, 3.05) is 0 Å². The van der Waals surface area contributed by atoms with Crippen LogP contribution in [0.3, 0.4) is 0 Å². The number of hydrogen-bond donors (Lipinski definition) is 1. The Hall–Kier alpha value is -2.47. The molecule has 2 aromatic carbocycles. The van der Waals surface area contributed by atoms with Crippen LogP contribution in [0.2, 0.25) is 0 Å². The van der Waals surface area contributed by atoms with E-state index in [0.29, 0.717) is 22.5 Å². The third kappa shape index (κ3) is 4.50. The van der Waals surface area contributed by atoms with Gasteiger partial charge in [0.15, 0.2) is 0 Å². The molecule has 1 unspecified atom stereocenters. The Morgan fingerprint density at radius 3 is 2.21 bits per heavy atom. The molecule has 0 saturated carbocycles. The molecule has 11 heteroatoms. The average molecular weight is 426 g/mol. The molecule has 7 nitrogen and oxygen atoms in total. The summed E-state index contributed by atoms with van der Waals surface area (Å²) >= 11 is -2.24. The molecule has 3 rings (SSSR count). The minimum absolute atomic E-state index is 0.117. The monoisotopic (exact) mass is 426 g/mol. The molecule has 0 saturated heterocycles. The number of aromatic nitrogens is 2. The molecule has 1 aromatic heterocycles. The van der Waals surface area contributed by atoms with E-state index in [2.05, 4.69) is 5.10 Å². The third-order valence-corrected chi connectivity index (χ3v) is 5.39. The zero-order chi connectivity index (χ0) is 20.5. The van der Waals surface area contributed by atoms with Crippen LogP contribution in [0.4, 0.5) is 8.78 Å². The molecule has 0 aliphatic heterocycles. The van der Waals surface area contributed by atoms with Crippen LogP contribution in [-0.4, -0.2) is 27.0 Å². The summed E-state index contributed by atoms with van der Waals surface area (Å²) in [7, 11) is -3.89. The van der Waals surface area contributed by atoms with Gasteiger partial charge in [-0.3, -0.25) is 4.21 Å². The number of sulfonamides is 1. The van der Waals surface area contributed by atoms with Crippen molar-refractivity contribution in [3.8, 4) is 16.9 Å². The zero-order valence-electron chi connectivity index (χ0n) is 14.2. The van der Waals surface area contributed by atoms with Gasteiger partial charge in [-0.05, 0) is 35.9 Å². The smallest absolute Gasteiger partial charge is 0.282 e. The fourth-order valence-electron chi connectivity index (χ4n) is 2.59. The molecule has 0 amide bonds. The number of benzene rings is 2. The van der Waals surface area contributed by atoms with Crippen molar-refractivity contribution in [1.82, 2.24) is 9.78 Å². The molecule has 1 atom stereocenters. The van der Waals surface area contributed by atoms with Crippen LogP contribution in [-0.2, 0) is 26.9 Å². The Bertz CT molecular complexity index is 1110. The van der Waals surface area contributed by atoms with E-state index in [1.54, 1.807) is 24.3 Å². The van der Waals surface area contributed by atoms with Gasteiger partial charge >= 0.3 is 0 Å². The summed E-state index contributed by atoms with van der Waals surface area (Å²) < 4.78 is 72.0. The van der Waals surface area contributed by atoms with E-state index in [-0.39, 0.29) is 10.6 Å². The fraction of sp³-hybridized carbons (Fsp3) is 0.118. The van der Waals surface area contributed by atoms with Gasteiger partial charge < -0.3 is 4.55 Å². The average Bonchev–Trinajstić information content (AvgIpc) is 3.07. The van der Waals surface area contributed by atoms with Gasteiger partial charge in [-0.2, -0.15) is 5.10 Å². The van der Waals surface area contributed by atoms with Crippen LogP contribution in [0.15, 0.2) is 59.5 Å². The first-order valence-electron chi connectivity index (χ1n) is 7.81. The van der Waals surface area contributed by atoms with E-state index >= 15 is 0 Å². The van der Waals surface area contributed by atoms with Crippen LogP contribution < -0.4 is 5.14 Å². The fourth-order valence-corrected chi connectivity index (χ4v) is 3.57. The van der Waals surface area contributed by atoms with Gasteiger partial charge in [0, 0.05) is 11.3 Å². The largest absolute Gasteiger partial charge is 0.772 e. The molecule has 0 aliphatic carbocycles. The van der Waals surface area contributed by atoms with Crippen molar-refractivity contribution in [3.63, 3.8) is 0 Å². The summed E-state index contributed by atoms with van der Waals surface area (Å²) in [4.78, 5) is -0.117. The van der Waals surface area contributed by atoms with Crippen molar-refractivity contribution in [2.24, 2.45) is 5.14 Å². The quantitative estimate of drug-likeness (QED) is 0.608. The van der Waals surface area contributed by atoms with E-state index in [1.165, 1.54) is 35.0 Å². The second-order valence-electron chi connectivity index (χ2n) is 5.85. The van der Waals surface area contributed by atoms with Crippen LogP contribution in [0.5, 0.6) is 0 Å². The predicted molar refractivity (Wildman–Crippen MR) is 98.0 cm³/mol. The first-order valence-corrected chi connectivity index (χ1v) is 10.6. The second kappa shape index (κ2) is 7.87. The lowest BCUT2D eigenvalue weighted by Gasteiger charge is -2.10. The van der Waals surface area contributed by atoms with Gasteiger partial charge in [0.1, 0.15) is 5.69 Å². The highest BCUT2D eigenvalue weighted by Gasteiger charge is 2.18. The lowest BCUT2D eigenvalue weighted by molar-refractivity contribution is 0.145. The van der Waals surface area contributed by atoms with Gasteiger partial charge in [-0.1, -0.05) is 35.3 Å². The maximum atomic E-state index is 13.2. The number of nitrogens with zero attached hydrogens (tertiary/aromatic N) is 2. The van der Waals surface area contributed by atoms with Crippen molar-refractivity contribution < 1.29 is 26.0 Å². The molecular weight excluding hydrogens is 412 g/mol. The molecule has 2 N–H and O–H groups in total. The van der Waals surface area contributed by atoms with Crippen LogP contribution in [0, 0.1) is 0 Å². The minimum atomic E-state index is -3.89. The molecule has 0 radical (unpaired) electrons. The molecule has 28 heavy (non-hydrogen) atoms. The summed E-state index contributed by atoms with van der Waals surface area (Å²) in [6, 6.07) is 12.9. The molecule has 0 fully saturated rings. The first kappa shape index (κ1) is 20.3. The molecule has 0 bridgehead atoms. The molecule has 0 aliphatic rings. The molecule has 0 spiro atoms. The van der Waals surface area contributed by atoms with E-state index in [9.17, 15) is 26.0 Å². The van der Waals surface area contributed by atoms with E-state index < -0.39 is 33.2 Å². The SMILES string of the molecule is NS(=O)(=O)c1ccc(-n2nc(C(F)F)cc2-c2ccc(CS(=O)[O-])cc2)cc1. The number of rotatable bonds is 6. The summed E-state index contributed by atoms with van der Waals surface area (Å²) in [5.41, 5.74) is 1.34. The van der Waals surface area contributed by atoms with Crippen molar-refractivity contribution in [1.29, 1.82) is 0 Å². The maximum absolute atomic E-state index is 13.2. The van der Waals surface area contributed by atoms with Crippen molar-refractivity contribution in [3.05, 3.63) is 65.9 Å². The Morgan fingerprint density at radius 1 is 1.11 bits per heavy atom. The van der Waals surface area contributed by atoms with Crippen LogP contribution in [0.25, 0.3) is 16.9 Å². The van der Waals surface area contributed by atoms with Crippen LogP contribution >= 0.6 is 0 Å². The number of primary sulfonamides is 1. The lowest BCUT2D eigenvalue weighted by atomic mass is 10.1. The highest BCUT2D eigenvalue weighted by molar-refractivity contribution is 7.89. The Morgan fingerprint density at radius 2 is 1.71 bits per heavy atom. The summed E-state index contributed by atoms with van der Waals surface area (Å²) in [6.07, 6.45) is -2.80. The third-order valence-electron chi connectivity index (χ3n) is 3.90. The summed E-state index contributed by atoms with van der Waals surface area (Å²) in [6.45, 7) is 0. The summed E-state index contributed by atoms with van der Waals surface area (Å²) in [5, 5.41) is 8.97. The van der Waals surface area contributed by atoms with E-state index in [0.717, 1.165) is 0 Å². The predicted octanol–water partition coefficient (Wildman–Crippen LogP) is 2.50. The zero-order valence-corrected chi connectivity index (χ0v) is 15.8. The Kier molecular flexibility index (Phi) is 5.70. The van der Waals surface area contributed by atoms with Gasteiger partial charge in [-0.25, -0.2) is 27.0 Å². The Balaban J connectivity index is 2.05. The first-order chi connectivity index (χ1) is 13.1. The second-order valence-corrected chi connectivity index (χ2v) is 8.31. The number of nitrogens with two attached hydrogens (primary N) is 1. The lowest BCUT2D eigenvalue weighted by Crippen LogP contribution is -2.12. The molecular formula is C17H14F2N3O4S2-. The van der Waals surface area contributed by atoms with Gasteiger partial charge in [-0.15, -0.1) is 0 Å². The number of alkyl halides is 2. The minimum Gasteiger partial charge on any atom is -0.772 e. The van der Waals surface area contributed by atoms with E-state index in [1.807, 2.05) is 0 Å². The highest BCUT2D eigenvalue weighted by atomic mass is 32.2. The normalized spacial score (nSPS) is 13.0. The maximum Gasteiger partial charge on any atom is 0.282 e. The molecule has 148 valence electrons. The van der Waals surface area contributed by atoms with Gasteiger partial charge in [0.25, 0.3) is 6.43 Å².